The molecule has 0 radical (unpaired) electrons. The van der Waals surface area contributed by atoms with Gasteiger partial charge in [-0.25, -0.2) is 8.42 Å². The van der Waals surface area contributed by atoms with Crippen molar-refractivity contribution < 1.29 is 13.5 Å². The lowest BCUT2D eigenvalue weighted by Crippen LogP contribution is -2.14. The Bertz CT molecular complexity index is 1120. The highest BCUT2D eigenvalue weighted by atomic mass is 32.2. The molecule has 0 fully saturated rings. The second-order valence-corrected chi connectivity index (χ2v) is 8.68. The standard InChI is InChI=1S/C20H22N4O3S/c1-14-10-11-17(25)18(13-14)28(26,27)23-16-8-5-4-7-15(16)20-22-21-19-9-3-2-6-12-24(19)20/h4-5,7-8,10-11,13,23,25H,2-3,6,9,12H2,1H3. The molecule has 8 heteroatoms. The lowest BCUT2D eigenvalue weighted by atomic mass is 10.1. The van der Waals surface area contributed by atoms with Crippen molar-refractivity contribution in [3.63, 3.8) is 0 Å². The number of phenolic OH excluding ortho intramolecular Hbond substituents is 1. The van der Waals surface area contributed by atoms with E-state index in [0.29, 0.717) is 17.1 Å². The maximum Gasteiger partial charge on any atom is 0.265 e. The molecule has 1 aliphatic heterocycles. The average Bonchev–Trinajstić information content (AvgIpc) is 2.91. The van der Waals surface area contributed by atoms with Gasteiger partial charge in [0.15, 0.2) is 5.82 Å². The molecule has 1 aromatic heterocycles. The summed E-state index contributed by atoms with van der Waals surface area (Å²) < 4.78 is 30.5. The van der Waals surface area contributed by atoms with Crippen LogP contribution in [0.25, 0.3) is 11.4 Å². The van der Waals surface area contributed by atoms with Gasteiger partial charge in [-0.3, -0.25) is 4.72 Å². The van der Waals surface area contributed by atoms with Crippen LogP contribution < -0.4 is 4.72 Å². The first-order valence-electron chi connectivity index (χ1n) is 9.29. The summed E-state index contributed by atoms with van der Waals surface area (Å²) in [6, 6.07) is 11.6. The Morgan fingerprint density at radius 3 is 2.75 bits per heavy atom. The number of fused-ring (bicyclic) bond motifs is 1. The predicted molar refractivity (Wildman–Crippen MR) is 107 cm³/mol. The Kier molecular flexibility index (Phi) is 4.80. The number of aromatic nitrogens is 3. The molecule has 4 rings (SSSR count). The first-order valence-corrected chi connectivity index (χ1v) is 10.8. The monoisotopic (exact) mass is 398 g/mol. The first kappa shape index (κ1) is 18.5. The maximum absolute atomic E-state index is 12.9. The summed E-state index contributed by atoms with van der Waals surface area (Å²) in [7, 11) is -3.97. The Balaban J connectivity index is 1.75. The van der Waals surface area contributed by atoms with Crippen LogP contribution in [0.2, 0.25) is 0 Å². The predicted octanol–water partition coefficient (Wildman–Crippen LogP) is 3.49. The zero-order chi connectivity index (χ0) is 19.7. The van der Waals surface area contributed by atoms with Crippen molar-refractivity contribution in [2.24, 2.45) is 0 Å². The third-order valence-corrected chi connectivity index (χ3v) is 6.32. The van der Waals surface area contributed by atoms with Crippen molar-refractivity contribution >= 4 is 15.7 Å². The minimum absolute atomic E-state index is 0.151. The number of nitrogens with one attached hydrogen (secondary N) is 1. The lowest BCUT2D eigenvalue weighted by Gasteiger charge is -2.14. The third-order valence-electron chi connectivity index (χ3n) is 4.93. The number of aromatic hydroxyl groups is 1. The molecule has 0 saturated carbocycles. The van der Waals surface area contributed by atoms with Gasteiger partial charge < -0.3 is 9.67 Å². The van der Waals surface area contributed by atoms with E-state index in [2.05, 4.69) is 19.5 Å². The van der Waals surface area contributed by atoms with Crippen molar-refractivity contribution in [1.82, 2.24) is 14.8 Å². The van der Waals surface area contributed by atoms with Crippen molar-refractivity contribution in [2.75, 3.05) is 4.72 Å². The molecule has 0 saturated heterocycles. The highest BCUT2D eigenvalue weighted by molar-refractivity contribution is 7.92. The fourth-order valence-electron chi connectivity index (χ4n) is 3.49. The summed E-state index contributed by atoms with van der Waals surface area (Å²) in [5, 5.41) is 18.7. The number of anilines is 1. The van der Waals surface area contributed by atoms with E-state index in [0.717, 1.165) is 43.6 Å². The number of aryl methyl sites for hydroxylation is 2. The normalized spacial score (nSPS) is 14.3. The smallest absolute Gasteiger partial charge is 0.265 e. The highest BCUT2D eigenvalue weighted by Crippen LogP contribution is 2.32. The van der Waals surface area contributed by atoms with Crippen molar-refractivity contribution in [3.8, 4) is 17.1 Å². The van der Waals surface area contributed by atoms with E-state index < -0.39 is 10.0 Å². The van der Waals surface area contributed by atoms with Crippen LogP contribution in [0.15, 0.2) is 47.4 Å². The summed E-state index contributed by atoms with van der Waals surface area (Å²) in [4.78, 5) is -0.151. The number of rotatable bonds is 4. The van der Waals surface area contributed by atoms with E-state index in [1.807, 2.05) is 12.1 Å². The second kappa shape index (κ2) is 7.27. The Labute approximate surface area is 164 Å². The van der Waals surface area contributed by atoms with Gasteiger partial charge in [0.05, 0.1) is 5.69 Å². The molecule has 0 amide bonds. The molecule has 3 aromatic rings. The Hall–Kier alpha value is -2.87. The molecule has 0 atom stereocenters. The van der Waals surface area contributed by atoms with Crippen LogP contribution in [0.1, 0.15) is 30.7 Å². The molecule has 28 heavy (non-hydrogen) atoms. The van der Waals surface area contributed by atoms with E-state index in [-0.39, 0.29) is 10.6 Å². The quantitative estimate of drug-likeness (QED) is 0.701. The minimum atomic E-state index is -3.97. The van der Waals surface area contributed by atoms with E-state index >= 15 is 0 Å². The molecule has 2 heterocycles. The van der Waals surface area contributed by atoms with Crippen LogP contribution in [-0.4, -0.2) is 28.3 Å². The van der Waals surface area contributed by atoms with Crippen LogP contribution in [-0.2, 0) is 23.0 Å². The first-order chi connectivity index (χ1) is 13.5. The van der Waals surface area contributed by atoms with Crippen LogP contribution in [0.3, 0.4) is 0 Å². The summed E-state index contributed by atoms with van der Waals surface area (Å²) in [5.74, 6) is 1.30. The van der Waals surface area contributed by atoms with Gasteiger partial charge in [-0.15, -0.1) is 10.2 Å². The van der Waals surface area contributed by atoms with Crippen LogP contribution in [0.4, 0.5) is 5.69 Å². The number of nitrogens with zero attached hydrogens (tertiary/aromatic N) is 3. The van der Waals surface area contributed by atoms with Crippen molar-refractivity contribution in [3.05, 3.63) is 53.9 Å². The largest absolute Gasteiger partial charge is 0.507 e. The second-order valence-electron chi connectivity index (χ2n) is 7.02. The van der Waals surface area contributed by atoms with Gasteiger partial charge in [0.1, 0.15) is 16.5 Å². The average molecular weight is 398 g/mol. The summed E-state index contributed by atoms with van der Waals surface area (Å²) in [5.41, 5.74) is 1.82. The zero-order valence-corrected chi connectivity index (χ0v) is 16.4. The van der Waals surface area contributed by atoms with Gasteiger partial charge in [-0.1, -0.05) is 24.6 Å². The molecule has 2 N–H and O–H groups in total. The molecule has 146 valence electrons. The number of para-hydroxylation sites is 1. The van der Waals surface area contributed by atoms with Crippen molar-refractivity contribution in [2.45, 2.75) is 44.0 Å². The molecule has 0 aliphatic carbocycles. The van der Waals surface area contributed by atoms with E-state index in [9.17, 15) is 13.5 Å². The van der Waals surface area contributed by atoms with Gasteiger partial charge in [0, 0.05) is 18.5 Å². The minimum Gasteiger partial charge on any atom is -0.507 e. The fraction of sp³-hybridized carbons (Fsp3) is 0.300. The topological polar surface area (TPSA) is 97.1 Å². The van der Waals surface area contributed by atoms with Gasteiger partial charge in [0.25, 0.3) is 10.0 Å². The molecule has 0 bridgehead atoms. The number of hydrogen-bond acceptors (Lipinski definition) is 5. The fourth-order valence-corrected chi connectivity index (χ4v) is 4.75. The SMILES string of the molecule is Cc1ccc(O)c(S(=O)(=O)Nc2ccccc2-c2nnc3n2CCCCC3)c1. The van der Waals surface area contributed by atoms with Gasteiger partial charge in [-0.2, -0.15) is 0 Å². The molecule has 1 aliphatic rings. The van der Waals surface area contributed by atoms with E-state index in [1.54, 1.807) is 25.1 Å². The van der Waals surface area contributed by atoms with Gasteiger partial charge in [-0.05, 0) is 49.6 Å². The Morgan fingerprint density at radius 2 is 1.89 bits per heavy atom. The number of benzene rings is 2. The maximum atomic E-state index is 12.9. The molecule has 7 nitrogen and oxygen atoms in total. The lowest BCUT2D eigenvalue weighted by molar-refractivity contribution is 0.459. The van der Waals surface area contributed by atoms with E-state index in [4.69, 9.17) is 0 Å². The molecular formula is C20H22N4O3S. The van der Waals surface area contributed by atoms with E-state index in [1.165, 1.54) is 12.1 Å². The van der Waals surface area contributed by atoms with Crippen LogP contribution >= 0.6 is 0 Å². The summed E-state index contributed by atoms with van der Waals surface area (Å²) >= 11 is 0. The molecular weight excluding hydrogens is 376 g/mol. The van der Waals surface area contributed by atoms with Crippen LogP contribution in [0, 0.1) is 6.92 Å². The van der Waals surface area contributed by atoms with Crippen LogP contribution in [0.5, 0.6) is 5.75 Å². The number of sulfonamides is 1. The van der Waals surface area contributed by atoms with Crippen molar-refractivity contribution in [1.29, 1.82) is 0 Å². The van der Waals surface area contributed by atoms with Gasteiger partial charge in [0.2, 0.25) is 0 Å². The molecule has 0 spiro atoms. The molecule has 2 aromatic carbocycles. The van der Waals surface area contributed by atoms with Gasteiger partial charge >= 0.3 is 0 Å². The number of hydrogen-bond donors (Lipinski definition) is 2. The number of phenols is 1. The summed E-state index contributed by atoms with van der Waals surface area (Å²) in [6.07, 6.45) is 4.14. The highest BCUT2D eigenvalue weighted by Gasteiger charge is 2.23. The molecule has 0 unspecified atom stereocenters. The third kappa shape index (κ3) is 3.47. The summed E-state index contributed by atoms with van der Waals surface area (Å²) in [6.45, 7) is 2.59. The Morgan fingerprint density at radius 1 is 1.07 bits per heavy atom. The zero-order valence-electron chi connectivity index (χ0n) is 15.6.